The van der Waals surface area contributed by atoms with Crippen molar-refractivity contribution in [3.63, 3.8) is 0 Å². The average molecular weight is 440 g/mol. The first-order valence-corrected chi connectivity index (χ1v) is 11.8. The standard InChI is InChI=1S/C24H25NO3S2/c1-27-20-15-17-10-12-25(23(26)11-14-29-18-7-4-3-5-8-18)24(22-9-6-13-30-22)19(17)16-21(20)28-2/h3-9,13,15-16,24H,10-12,14H2,1-2H3. The predicted octanol–water partition coefficient (Wildman–Crippen LogP) is 5.42. The van der Waals surface area contributed by atoms with Crippen LogP contribution in [0.5, 0.6) is 11.5 Å². The van der Waals surface area contributed by atoms with Gasteiger partial charge in [-0.1, -0.05) is 24.3 Å². The third-order valence-corrected chi connectivity index (χ3v) is 7.27. The van der Waals surface area contributed by atoms with Crippen LogP contribution in [-0.4, -0.2) is 37.3 Å². The summed E-state index contributed by atoms with van der Waals surface area (Å²) in [4.78, 5) is 17.6. The van der Waals surface area contributed by atoms with Crippen molar-refractivity contribution in [3.8, 4) is 11.5 Å². The van der Waals surface area contributed by atoms with Crippen molar-refractivity contribution >= 4 is 29.0 Å². The molecule has 0 fully saturated rings. The molecule has 0 N–H and O–H groups in total. The molecule has 0 saturated carbocycles. The molecule has 2 heterocycles. The number of rotatable bonds is 7. The van der Waals surface area contributed by atoms with Crippen LogP contribution in [0.3, 0.4) is 0 Å². The predicted molar refractivity (Wildman–Crippen MR) is 123 cm³/mol. The highest BCUT2D eigenvalue weighted by Crippen LogP contribution is 2.42. The van der Waals surface area contributed by atoms with Crippen molar-refractivity contribution in [2.75, 3.05) is 26.5 Å². The summed E-state index contributed by atoms with van der Waals surface area (Å²) < 4.78 is 11.0. The minimum Gasteiger partial charge on any atom is -0.493 e. The van der Waals surface area contributed by atoms with Gasteiger partial charge in [0.25, 0.3) is 0 Å². The molecule has 0 spiro atoms. The van der Waals surface area contributed by atoms with Gasteiger partial charge < -0.3 is 14.4 Å². The van der Waals surface area contributed by atoms with Crippen molar-refractivity contribution in [2.45, 2.75) is 23.8 Å². The second kappa shape index (κ2) is 9.58. The molecule has 156 valence electrons. The fourth-order valence-corrected chi connectivity index (χ4v) is 5.60. The van der Waals surface area contributed by atoms with Crippen molar-refractivity contribution in [2.24, 2.45) is 0 Å². The van der Waals surface area contributed by atoms with Gasteiger partial charge in [-0.15, -0.1) is 23.1 Å². The summed E-state index contributed by atoms with van der Waals surface area (Å²) in [6.45, 7) is 0.708. The van der Waals surface area contributed by atoms with Gasteiger partial charge in [-0.05, 0) is 53.3 Å². The molecule has 1 atom stereocenters. The van der Waals surface area contributed by atoms with Crippen molar-refractivity contribution < 1.29 is 14.3 Å². The van der Waals surface area contributed by atoms with Crippen LogP contribution in [0.4, 0.5) is 0 Å². The van der Waals surface area contributed by atoms with E-state index in [2.05, 4.69) is 29.6 Å². The first kappa shape index (κ1) is 20.8. The van der Waals surface area contributed by atoms with Crippen LogP contribution < -0.4 is 9.47 Å². The first-order chi connectivity index (χ1) is 14.7. The molecule has 30 heavy (non-hydrogen) atoms. The molecule has 0 radical (unpaired) electrons. The minimum atomic E-state index is -0.0808. The molecule has 1 aliphatic rings. The molecular weight excluding hydrogens is 414 g/mol. The maximum absolute atomic E-state index is 13.2. The molecule has 0 saturated heterocycles. The van der Waals surface area contributed by atoms with Crippen molar-refractivity contribution in [1.29, 1.82) is 0 Å². The van der Waals surface area contributed by atoms with Crippen LogP contribution in [0.15, 0.2) is 64.9 Å². The number of ether oxygens (including phenoxy) is 2. The SMILES string of the molecule is COc1cc2c(cc1OC)C(c1cccs1)N(C(=O)CCSc1ccccc1)CC2. The Morgan fingerprint density at radius 1 is 1.10 bits per heavy atom. The lowest BCUT2D eigenvalue weighted by atomic mass is 9.90. The zero-order valence-corrected chi connectivity index (χ0v) is 18.8. The van der Waals surface area contributed by atoms with E-state index >= 15 is 0 Å². The van der Waals surface area contributed by atoms with E-state index in [1.165, 1.54) is 15.3 Å². The molecule has 1 unspecified atom stereocenters. The molecule has 6 heteroatoms. The number of thiophene rings is 1. The van der Waals surface area contributed by atoms with Gasteiger partial charge in [-0.3, -0.25) is 4.79 Å². The zero-order chi connectivity index (χ0) is 20.9. The van der Waals surface area contributed by atoms with Gasteiger partial charge in [0.15, 0.2) is 11.5 Å². The van der Waals surface area contributed by atoms with Gasteiger partial charge >= 0.3 is 0 Å². The lowest BCUT2D eigenvalue weighted by Crippen LogP contribution is -2.40. The number of carbonyl (C=O) groups is 1. The highest BCUT2D eigenvalue weighted by molar-refractivity contribution is 7.99. The first-order valence-electron chi connectivity index (χ1n) is 9.96. The normalized spacial score (nSPS) is 15.5. The monoisotopic (exact) mass is 439 g/mol. The molecule has 4 nitrogen and oxygen atoms in total. The number of methoxy groups -OCH3 is 2. The van der Waals surface area contributed by atoms with Crippen LogP contribution in [0.1, 0.15) is 28.5 Å². The Labute approximate surface area is 185 Å². The third kappa shape index (κ3) is 4.35. The number of benzene rings is 2. The van der Waals surface area contributed by atoms with Crippen LogP contribution in [0.25, 0.3) is 0 Å². The number of fused-ring (bicyclic) bond motifs is 1. The highest BCUT2D eigenvalue weighted by Gasteiger charge is 2.33. The van der Waals surface area contributed by atoms with E-state index in [0.717, 1.165) is 23.5 Å². The van der Waals surface area contributed by atoms with E-state index in [1.54, 1.807) is 37.3 Å². The van der Waals surface area contributed by atoms with Crippen LogP contribution >= 0.6 is 23.1 Å². The summed E-state index contributed by atoms with van der Waals surface area (Å²) in [5.74, 6) is 2.40. The summed E-state index contributed by atoms with van der Waals surface area (Å²) in [6, 6.07) is 18.4. The molecule has 0 bridgehead atoms. The summed E-state index contributed by atoms with van der Waals surface area (Å²) in [7, 11) is 3.31. The van der Waals surface area contributed by atoms with Gasteiger partial charge in [0.2, 0.25) is 5.91 Å². The Morgan fingerprint density at radius 2 is 1.87 bits per heavy atom. The Hall–Kier alpha value is -2.44. The van der Waals surface area contributed by atoms with Gasteiger partial charge in [0, 0.05) is 28.5 Å². The second-order valence-electron chi connectivity index (χ2n) is 7.07. The van der Waals surface area contributed by atoms with E-state index in [-0.39, 0.29) is 11.9 Å². The van der Waals surface area contributed by atoms with Crippen LogP contribution in [0.2, 0.25) is 0 Å². The number of hydrogen-bond acceptors (Lipinski definition) is 5. The molecular formula is C24H25NO3S2. The molecule has 4 rings (SSSR count). The summed E-state index contributed by atoms with van der Waals surface area (Å²) >= 11 is 3.41. The Kier molecular flexibility index (Phi) is 6.65. The Bertz CT molecular complexity index is 989. The van der Waals surface area contributed by atoms with E-state index in [9.17, 15) is 4.79 Å². The number of carbonyl (C=O) groups excluding carboxylic acids is 1. The summed E-state index contributed by atoms with van der Waals surface area (Å²) in [6.07, 6.45) is 1.33. The van der Waals surface area contributed by atoms with Crippen LogP contribution in [-0.2, 0) is 11.2 Å². The highest BCUT2D eigenvalue weighted by atomic mass is 32.2. The fraction of sp³-hybridized carbons (Fsp3) is 0.292. The summed E-state index contributed by atoms with van der Waals surface area (Å²) in [5.41, 5.74) is 2.35. The van der Waals surface area contributed by atoms with Crippen molar-refractivity contribution in [3.05, 3.63) is 76.0 Å². The Balaban J connectivity index is 1.58. The van der Waals surface area contributed by atoms with E-state index < -0.39 is 0 Å². The van der Waals surface area contributed by atoms with Gasteiger partial charge in [0.1, 0.15) is 0 Å². The van der Waals surface area contributed by atoms with E-state index in [0.29, 0.717) is 18.7 Å². The fourth-order valence-electron chi connectivity index (χ4n) is 3.88. The average Bonchev–Trinajstić information content (AvgIpc) is 3.32. The maximum atomic E-state index is 13.2. The number of nitrogens with zero attached hydrogens (tertiary/aromatic N) is 1. The number of hydrogen-bond donors (Lipinski definition) is 0. The summed E-state index contributed by atoms with van der Waals surface area (Å²) in [5, 5.41) is 2.07. The Morgan fingerprint density at radius 3 is 2.57 bits per heavy atom. The quantitative estimate of drug-likeness (QED) is 0.461. The zero-order valence-electron chi connectivity index (χ0n) is 17.2. The molecule has 1 aromatic heterocycles. The number of amides is 1. The van der Waals surface area contributed by atoms with Gasteiger partial charge in [-0.25, -0.2) is 0 Å². The molecule has 0 aliphatic carbocycles. The lowest BCUT2D eigenvalue weighted by molar-refractivity contribution is -0.132. The minimum absolute atomic E-state index is 0.0808. The van der Waals surface area contributed by atoms with Gasteiger partial charge in [-0.2, -0.15) is 0 Å². The smallest absolute Gasteiger partial charge is 0.224 e. The maximum Gasteiger partial charge on any atom is 0.224 e. The molecule has 1 amide bonds. The van der Waals surface area contributed by atoms with E-state index in [4.69, 9.17) is 9.47 Å². The second-order valence-corrected chi connectivity index (χ2v) is 9.22. The molecule has 2 aromatic carbocycles. The molecule has 3 aromatic rings. The number of thioether (sulfide) groups is 1. The van der Waals surface area contributed by atoms with Crippen LogP contribution in [0, 0.1) is 0 Å². The third-order valence-electron chi connectivity index (χ3n) is 5.33. The topological polar surface area (TPSA) is 38.8 Å². The molecule has 1 aliphatic heterocycles. The lowest BCUT2D eigenvalue weighted by Gasteiger charge is -2.37. The van der Waals surface area contributed by atoms with Gasteiger partial charge in [0.05, 0.1) is 20.3 Å². The van der Waals surface area contributed by atoms with E-state index in [1.807, 2.05) is 35.2 Å². The van der Waals surface area contributed by atoms with Crippen molar-refractivity contribution in [1.82, 2.24) is 4.90 Å². The largest absolute Gasteiger partial charge is 0.493 e.